The number of nitrogens with zero attached hydrogens (tertiary/aromatic N) is 1. The van der Waals surface area contributed by atoms with Crippen molar-refractivity contribution in [1.29, 1.82) is 0 Å². The predicted octanol–water partition coefficient (Wildman–Crippen LogP) is 2.08. The van der Waals surface area contributed by atoms with E-state index in [1.807, 2.05) is 0 Å². The van der Waals surface area contributed by atoms with E-state index in [1.54, 1.807) is 0 Å². The summed E-state index contributed by atoms with van der Waals surface area (Å²) < 4.78 is 37.2. The van der Waals surface area contributed by atoms with Gasteiger partial charge in [-0.15, -0.1) is 0 Å². The zero-order chi connectivity index (χ0) is 13.2. The number of aliphatic hydroxyl groups excluding tert-OH is 2. The molecule has 1 heterocycles. The fourth-order valence-corrected chi connectivity index (χ4v) is 1.55. The van der Waals surface area contributed by atoms with E-state index in [1.165, 1.54) is 0 Å². The third-order valence-electron chi connectivity index (χ3n) is 2.06. The number of pyridine rings is 1. The van der Waals surface area contributed by atoms with Crippen LogP contribution in [-0.4, -0.2) is 27.1 Å². The Balaban J connectivity index is 3.15. The molecule has 0 fully saturated rings. The number of halogens is 4. The lowest BCUT2D eigenvalue weighted by atomic mass is 10.1. The molecule has 2 unspecified atom stereocenters. The van der Waals surface area contributed by atoms with Gasteiger partial charge in [0.15, 0.2) is 0 Å². The first-order valence-corrected chi connectivity index (χ1v) is 5.48. The molecule has 0 saturated carbocycles. The van der Waals surface area contributed by atoms with Crippen molar-refractivity contribution >= 4 is 24.2 Å². The molecule has 1 aromatic rings. The van der Waals surface area contributed by atoms with Crippen LogP contribution >= 0.6 is 24.2 Å². The van der Waals surface area contributed by atoms with Crippen molar-refractivity contribution in [1.82, 2.24) is 4.98 Å². The lowest BCUT2D eigenvalue weighted by Gasteiger charge is -2.18. The zero-order valence-electron chi connectivity index (χ0n) is 8.32. The molecule has 2 N–H and O–H groups in total. The first kappa shape index (κ1) is 14.6. The molecule has 0 saturated heterocycles. The molecule has 0 bridgehead atoms. The molecule has 0 amide bonds. The monoisotopic (exact) mass is 287 g/mol. The summed E-state index contributed by atoms with van der Waals surface area (Å²) in [6.45, 7) is 0. The second-order valence-electron chi connectivity index (χ2n) is 3.30. The third kappa shape index (κ3) is 3.48. The minimum atomic E-state index is -4.59. The summed E-state index contributed by atoms with van der Waals surface area (Å²) in [5.41, 5.74) is -1.31. The topological polar surface area (TPSA) is 53.4 Å². The van der Waals surface area contributed by atoms with Crippen LogP contribution in [0.2, 0.25) is 5.15 Å². The molecule has 0 aliphatic carbocycles. The highest BCUT2D eigenvalue weighted by Gasteiger charge is 2.33. The molecule has 17 heavy (non-hydrogen) atoms. The lowest BCUT2D eigenvalue weighted by Crippen LogP contribution is -2.21. The summed E-state index contributed by atoms with van der Waals surface area (Å²) in [6.07, 6.45) is -6.90. The third-order valence-corrected chi connectivity index (χ3v) is 2.75. The van der Waals surface area contributed by atoms with Crippen LogP contribution in [0.5, 0.6) is 0 Å². The van der Waals surface area contributed by atoms with Crippen LogP contribution in [0, 0.1) is 0 Å². The van der Waals surface area contributed by atoms with E-state index in [0.717, 1.165) is 0 Å². The summed E-state index contributed by atoms with van der Waals surface area (Å²) in [5, 5.41) is 18.6. The normalized spacial score (nSPS) is 15.7. The second kappa shape index (κ2) is 5.43. The SMILES string of the molecule is OC(CS)C(O)c1cc(C(F)(F)F)cnc1Cl. The maximum atomic E-state index is 12.4. The van der Waals surface area contributed by atoms with Crippen molar-refractivity contribution in [3.8, 4) is 0 Å². The molecule has 1 rings (SSSR count). The average Bonchev–Trinajstić information content (AvgIpc) is 2.26. The number of aliphatic hydroxyl groups is 2. The fraction of sp³-hybridized carbons (Fsp3) is 0.444. The van der Waals surface area contributed by atoms with Crippen molar-refractivity contribution in [3.05, 3.63) is 28.5 Å². The number of hydrogen-bond acceptors (Lipinski definition) is 4. The van der Waals surface area contributed by atoms with Crippen LogP contribution in [0.4, 0.5) is 13.2 Å². The van der Waals surface area contributed by atoms with Gasteiger partial charge in [0.2, 0.25) is 0 Å². The summed E-state index contributed by atoms with van der Waals surface area (Å²) in [7, 11) is 0. The highest BCUT2D eigenvalue weighted by molar-refractivity contribution is 7.80. The van der Waals surface area contributed by atoms with Crippen LogP contribution in [-0.2, 0) is 6.18 Å². The van der Waals surface area contributed by atoms with Gasteiger partial charge < -0.3 is 10.2 Å². The van der Waals surface area contributed by atoms with E-state index in [9.17, 15) is 23.4 Å². The Labute approximate surface area is 106 Å². The van der Waals surface area contributed by atoms with Crippen LogP contribution in [0.15, 0.2) is 12.3 Å². The Bertz CT molecular complexity index is 402. The second-order valence-corrected chi connectivity index (χ2v) is 4.02. The fourth-order valence-electron chi connectivity index (χ4n) is 1.13. The molecule has 0 aliphatic heterocycles. The van der Waals surface area contributed by atoms with Gasteiger partial charge in [0.1, 0.15) is 11.3 Å². The molecule has 0 aromatic carbocycles. The Kier molecular flexibility index (Phi) is 4.65. The Morgan fingerprint density at radius 2 is 2.00 bits per heavy atom. The summed E-state index contributed by atoms with van der Waals surface area (Å²) >= 11 is 9.29. The number of alkyl halides is 3. The van der Waals surface area contributed by atoms with Crippen molar-refractivity contribution in [2.75, 3.05) is 5.75 Å². The van der Waals surface area contributed by atoms with E-state index < -0.39 is 23.9 Å². The Morgan fingerprint density at radius 3 is 2.47 bits per heavy atom. The standard InChI is InChI=1S/C9H9ClF3NO2S/c10-8-5(7(16)6(15)3-17)1-4(2-14-8)9(11,12)13/h1-2,6-7,15-17H,3H2. The number of hydrogen-bond donors (Lipinski definition) is 3. The number of aromatic nitrogens is 1. The molecule has 96 valence electrons. The van der Waals surface area contributed by atoms with E-state index >= 15 is 0 Å². The predicted molar refractivity (Wildman–Crippen MR) is 59.1 cm³/mol. The highest BCUT2D eigenvalue weighted by atomic mass is 35.5. The maximum Gasteiger partial charge on any atom is 0.417 e. The first-order chi connectivity index (χ1) is 7.77. The lowest BCUT2D eigenvalue weighted by molar-refractivity contribution is -0.138. The van der Waals surface area contributed by atoms with Gasteiger partial charge in [0, 0.05) is 17.5 Å². The van der Waals surface area contributed by atoms with Crippen LogP contribution in [0.25, 0.3) is 0 Å². The van der Waals surface area contributed by atoms with Gasteiger partial charge in [-0.05, 0) is 6.07 Å². The molecule has 0 spiro atoms. The minimum Gasteiger partial charge on any atom is -0.389 e. The molecule has 3 nitrogen and oxygen atoms in total. The van der Waals surface area contributed by atoms with Crippen molar-refractivity contribution < 1.29 is 23.4 Å². The van der Waals surface area contributed by atoms with Crippen molar-refractivity contribution in [2.24, 2.45) is 0 Å². The van der Waals surface area contributed by atoms with Gasteiger partial charge in [0.25, 0.3) is 0 Å². The van der Waals surface area contributed by atoms with E-state index in [4.69, 9.17) is 11.6 Å². The number of thiol groups is 1. The molecular formula is C9H9ClF3NO2S. The van der Waals surface area contributed by atoms with Gasteiger partial charge in [-0.25, -0.2) is 4.98 Å². The molecule has 0 aliphatic rings. The summed E-state index contributed by atoms with van der Waals surface area (Å²) in [6, 6.07) is 0.659. The van der Waals surface area contributed by atoms with E-state index in [0.29, 0.717) is 12.3 Å². The van der Waals surface area contributed by atoms with Gasteiger partial charge >= 0.3 is 6.18 Å². The van der Waals surface area contributed by atoms with Gasteiger partial charge in [-0.3, -0.25) is 0 Å². The molecule has 0 radical (unpaired) electrons. The Hall–Kier alpha value is -0.500. The summed E-state index contributed by atoms with van der Waals surface area (Å²) in [5.74, 6) is -0.117. The van der Waals surface area contributed by atoms with Gasteiger partial charge in [-0.2, -0.15) is 25.8 Å². The Morgan fingerprint density at radius 1 is 1.41 bits per heavy atom. The van der Waals surface area contributed by atoms with Crippen LogP contribution in [0.1, 0.15) is 17.2 Å². The molecular weight excluding hydrogens is 279 g/mol. The van der Waals surface area contributed by atoms with Crippen LogP contribution in [0.3, 0.4) is 0 Å². The van der Waals surface area contributed by atoms with E-state index in [2.05, 4.69) is 17.6 Å². The molecule has 1 aromatic heterocycles. The zero-order valence-corrected chi connectivity index (χ0v) is 9.97. The van der Waals surface area contributed by atoms with Crippen LogP contribution < -0.4 is 0 Å². The largest absolute Gasteiger partial charge is 0.417 e. The number of rotatable bonds is 3. The minimum absolute atomic E-state index is 0.117. The van der Waals surface area contributed by atoms with Gasteiger partial charge in [0.05, 0.1) is 11.7 Å². The maximum absolute atomic E-state index is 12.4. The summed E-state index contributed by atoms with van der Waals surface area (Å²) in [4.78, 5) is 3.33. The van der Waals surface area contributed by atoms with Crippen molar-refractivity contribution in [3.63, 3.8) is 0 Å². The van der Waals surface area contributed by atoms with Crippen molar-refractivity contribution in [2.45, 2.75) is 18.4 Å². The average molecular weight is 288 g/mol. The van der Waals surface area contributed by atoms with Gasteiger partial charge in [-0.1, -0.05) is 11.6 Å². The smallest absolute Gasteiger partial charge is 0.389 e. The highest BCUT2D eigenvalue weighted by Crippen LogP contribution is 2.33. The molecule has 8 heteroatoms. The molecule has 2 atom stereocenters. The quantitative estimate of drug-likeness (QED) is 0.589. The first-order valence-electron chi connectivity index (χ1n) is 4.47. The van der Waals surface area contributed by atoms with E-state index in [-0.39, 0.29) is 16.5 Å².